The van der Waals surface area contributed by atoms with Gasteiger partial charge in [0.15, 0.2) is 12.0 Å². The summed E-state index contributed by atoms with van der Waals surface area (Å²) in [6.07, 6.45) is 5.74. The zero-order valence-electron chi connectivity index (χ0n) is 20.0. The van der Waals surface area contributed by atoms with E-state index in [0.717, 1.165) is 28.7 Å². The quantitative estimate of drug-likeness (QED) is 0.259. The largest absolute Gasteiger partial charge is 0.618 e. The maximum Gasteiger partial charge on any atom is 0.335 e. The van der Waals surface area contributed by atoms with E-state index in [1.807, 2.05) is 6.07 Å². The van der Waals surface area contributed by atoms with E-state index in [2.05, 4.69) is 15.5 Å². The molecule has 1 aliphatic rings. The fourth-order valence-electron chi connectivity index (χ4n) is 4.57. The fraction of sp³-hybridized carbons (Fsp3) is 0.259. The van der Waals surface area contributed by atoms with Gasteiger partial charge in [0.1, 0.15) is 12.2 Å². The predicted octanol–water partition coefficient (Wildman–Crippen LogP) is 4.32. The average Bonchev–Trinajstić information content (AvgIpc) is 3.53. The van der Waals surface area contributed by atoms with Crippen molar-refractivity contribution < 1.29 is 19.4 Å². The van der Waals surface area contributed by atoms with Crippen LogP contribution in [0.5, 0.6) is 0 Å². The molecule has 37 heavy (non-hydrogen) atoms. The van der Waals surface area contributed by atoms with E-state index < -0.39 is 11.9 Å². The molecule has 1 N–H and O–H groups in total. The molecule has 1 aliphatic carbocycles. The van der Waals surface area contributed by atoms with Crippen molar-refractivity contribution in [3.05, 3.63) is 93.7 Å². The molecule has 2 aromatic carbocycles. The molecule has 1 atom stereocenters. The highest BCUT2D eigenvalue weighted by Crippen LogP contribution is 2.39. The van der Waals surface area contributed by atoms with Crippen molar-refractivity contribution in [3.8, 4) is 16.8 Å². The Morgan fingerprint density at radius 2 is 2.00 bits per heavy atom. The van der Waals surface area contributed by atoms with E-state index in [-0.39, 0.29) is 17.8 Å². The Kier molecular flexibility index (Phi) is 6.71. The normalized spacial score (nSPS) is 13.9. The zero-order valence-corrected chi connectivity index (χ0v) is 20.8. The first-order chi connectivity index (χ1) is 17.8. The summed E-state index contributed by atoms with van der Waals surface area (Å²) in [5.74, 6) is -1.21. The zero-order chi connectivity index (χ0) is 26.1. The van der Waals surface area contributed by atoms with E-state index in [0.29, 0.717) is 39.9 Å². The minimum absolute atomic E-state index is 0.0624. The van der Waals surface area contributed by atoms with Crippen molar-refractivity contribution >= 4 is 23.4 Å². The lowest BCUT2D eigenvalue weighted by molar-refractivity contribution is -0.614. The smallest absolute Gasteiger partial charge is 0.335 e. The minimum Gasteiger partial charge on any atom is -0.618 e. The number of rotatable bonds is 9. The third-order valence-corrected chi connectivity index (χ3v) is 7.01. The van der Waals surface area contributed by atoms with Crippen LogP contribution in [0.2, 0.25) is 5.02 Å². The van der Waals surface area contributed by atoms with Crippen molar-refractivity contribution in [3.63, 3.8) is 0 Å². The minimum atomic E-state index is -1.01. The lowest BCUT2D eigenvalue weighted by atomic mass is 9.88. The molecule has 4 aromatic rings. The fourth-order valence-corrected chi connectivity index (χ4v) is 4.75. The van der Waals surface area contributed by atoms with Crippen LogP contribution in [-0.4, -0.2) is 37.1 Å². The SMILES string of the molecule is Cc1cc(C(=O)O)ccc1CC(=O)C(CC1CC1)c1ccc(-c2cc(Cl)ccc2-n2cnnn2)c[n+]1[O-]. The van der Waals surface area contributed by atoms with Crippen molar-refractivity contribution in [2.75, 3.05) is 0 Å². The molecule has 2 aromatic heterocycles. The Bertz CT molecular complexity index is 1480. The molecular weight excluding hydrogens is 494 g/mol. The van der Waals surface area contributed by atoms with Crippen LogP contribution in [0.1, 0.15) is 52.4 Å². The van der Waals surface area contributed by atoms with Crippen molar-refractivity contribution in [2.24, 2.45) is 5.92 Å². The summed E-state index contributed by atoms with van der Waals surface area (Å²) in [6.45, 7) is 1.79. The molecular formula is C27H24ClN5O4. The van der Waals surface area contributed by atoms with Gasteiger partial charge in [-0.15, -0.1) is 5.10 Å². The van der Waals surface area contributed by atoms with Crippen LogP contribution in [0, 0.1) is 18.0 Å². The lowest BCUT2D eigenvalue weighted by Gasteiger charge is -2.17. The van der Waals surface area contributed by atoms with Crippen LogP contribution in [0.4, 0.5) is 0 Å². The molecule has 1 saturated carbocycles. The molecule has 1 fully saturated rings. The molecule has 0 bridgehead atoms. The van der Waals surface area contributed by atoms with Gasteiger partial charge >= 0.3 is 5.97 Å². The molecule has 188 valence electrons. The van der Waals surface area contributed by atoms with Crippen LogP contribution in [0.15, 0.2) is 61.1 Å². The maximum absolute atomic E-state index is 13.5. The summed E-state index contributed by atoms with van der Waals surface area (Å²) >= 11 is 6.25. The van der Waals surface area contributed by atoms with E-state index >= 15 is 0 Å². The molecule has 0 radical (unpaired) electrons. The number of benzene rings is 2. The second-order valence-corrected chi connectivity index (χ2v) is 9.84. The van der Waals surface area contributed by atoms with Gasteiger partial charge in [-0.1, -0.05) is 30.5 Å². The van der Waals surface area contributed by atoms with E-state index in [9.17, 15) is 19.9 Å². The number of hydrogen-bond acceptors (Lipinski definition) is 6. The number of pyridine rings is 1. The van der Waals surface area contributed by atoms with Crippen molar-refractivity contribution in [1.82, 2.24) is 20.2 Å². The predicted molar refractivity (Wildman–Crippen MR) is 135 cm³/mol. The summed E-state index contributed by atoms with van der Waals surface area (Å²) in [5, 5.41) is 34.3. The number of carboxylic acid groups (broad SMARTS) is 1. The lowest BCUT2D eigenvalue weighted by Crippen LogP contribution is -2.36. The summed E-state index contributed by atoms with van der Waals surface area (Å²) in [7, 11) is 0. The third kappa shape index (κ3) is 5.36. The molecule has 9 nitrogen and oxygen atoms in total. The molecule has 0 spiro atoms. The number of carbonyl (C=O) groups is 2. The van der Waals surface area contributed by atoms with Gasteiger partial charge < -0.3 is 10.3 Å². The highest BCUT2D eigenvalue weighted by Gasteiger charge is 2.34. The number of halogens is 1. The second-order valence-electron chi connectivity index (χ2n) is 9.41. The Balaban J connectivity index is 1.46. The van der Waals surface area contributed by atoms with Crippen molar-refractivity contribution in [1.29, 1.82) is 0 Å². The first-order valence-electron chi connectivity index (χ1n) is 11.9. The van der Waals surface area contributed by atoms with Gasteiger partial charge in [0.25, 0.3) is 0 Å². The van der Waals surface area contributed by atoms with Gasteiger partial charge in [-0.3, -0.25) is 4.79 Å². The Morgan fingerprint density at radius 1 is 1.19 bits per heavy atom. The standard InChI is InChI=1S/C27H24ClN5O4/c1-16-10-19(27(35)36)5-4-18(16)12-26(34)23(11-17-2-3-17)25-8-6-20(14-33(25)37)22-13-21(28)7-9-24(22)32-15-29-30-31-32/h4-10,13-15,17,23H,2-3,11-12H2,1H3,(H,35,36). The van der Waals surface area contributed by atoms with Crippen LogP contribution in [-0.2, 0) is 11.2 Å². The molecule has 0 aliphatic heterocycles. The third-order valence-electron chi connectivity index (χ3n) is 6.78. The van der Waals surface area contributed by atoms with E-state index in [1.54, 1.807) is 43.3 Å². The molecule has 1 unspecified atom stereocenters. The number of nitrogens with zero attached hydrogens (tertiary/aromatic N) is 5. The molecule has 2 heterocycles. The van der Waals surface area contributed by atoms with E-state index in [4.69, 9.17) is 11.6 Å². The Morgan fingerprint density at radius 3 is 2.65 bits per heavy atom. The average molecular weight is 518 g/mol. The van der Waals surface area contributed by atoms with E-state index in [1.165, 1.54) is 23.3 Å². The highest BCUT2D eigenvalue weighted by molar-refractivity contribution is 6.31. The van der Waals surface area contributed by atoms with Gasteiger partial charge in [0.05, 0.1) is 11.3 Å². The second kappa shape index (κ2) is 10.1. The maximum atomic E-state index is 13.5. The number of aryl methyl sites for hydroxylation is 1. The van der Waals surface area contributed by atoms with Crippen LogP contribution in [0.25, 0.3) is 16.8 Å². The Labute approximate surface area is 217 Å². The highest BCUT2D eigenvalue weighted by atomic mass is 35.5. The number of aromatic nitrogens is 5. The van der Waals surface area contributed by atoms with Crippen LogP contribution in [0.3, 0.4) is 0 Å². The topological polar surface area (TPSA) is 125 Å². The monoisotopic (exact) mass is 517 g/mol. The number of tetrazole rings is 1. The molecule has 5 rings (SSSR count). The number of ketones is 1. The summed E-state index contributed by atoms with van der Waals surface area (Å²) < 4.78 is 2.26. The van der Waals surface area contributed by atoms with Gasteiger partial charge in [0, 0.05) is 28.6 Å². The van der Waals surface area contributed by atoms with Gasteiger partial charge in [-0.25, -0.2) is 4.79 Å². The van der Waals surface area contributed by atoms with Gasteiger partial charge in [-0.2, -0.15) is 9.41 Å². The molecule has 10 heteroatoms. The number of Topliss-reactive ketones (excluding diaryl/α,β-unsaturated/α-hetero) is 1. The Hall–Kier alpha value is -4.11. The number of carboxylic acids is 1. The number of aromatic carboxylic acids is 1. The molecule has 0 saturated heterocycles. The van der Waals surface area contributed by atoms with Crippen LogP contribution < -0.4 is 4.73 Å². The van der Waals surface area contributed by atoms with Crippen LogP contribution >= 0.6 is 11.6 Å². The summed E-state index contributed by atoms with van der Waals surface area (Å²) in [5.41, 5.74) is 4.02. The van der Waals surface area contributed by atoms with Gasteiger partial charge in [-0.05, 0) is 77.2 Å². The summed E-state index contributed by atoms with van der Waals surface area (Å²) in [4.78, 5) is 24.8. The van der Waals surface area contributed by atoms with Gasteiger partial charge in [0.2, 0.25) is 5.69 Å². The first kappa shape index (κ1) is 24.6. The number of carbonyl (C=O) groups excluding carboxylic acids is 1. The van der Waals surface area contributed by atoms with Crippen molar-refractivity contribution in [2.45, 2.75) is 38.5 Å². The summed E-state index contributed by atoms with van der Waals surface area (Å²) in [6, 6.07) is 13.5. The first-order valence-corrected chi connectivity index (χ1v) is 12.3. The molecule has 0 amide bonds. The number of hydrogen-bond donors (Lipinski definition) is 1.